The molecule has 0 aromatic heterocycles. The number of alkyl halides is 3. The SMILES string of the molecule is CCN(CC(C)(C)O)S(=O)(=O)c1ccc(C(F)(F)F)cc1. The Kier molecular flexibility index (Phi) is 5.07. The second-order valence-electron chi connectivity index (χ2n) is 5.27. The van der Waals surface area contributed by atoms with E-state index >= 15 is 0 Å². The van der Waals surface area contributed by atoms with Crippen LogP contribution in [0.2, 0.25) is 0 Å². The fourth-order valence-corrected chi connectivity index (χ4v) is 3.37. The van der Waals surface area contributed by atoms with E-state index in [-0.39, 0.29) is 18.0 Å². The lowest BCUT2D eigenvalue weighted by Gasteiger charge is -2.27. The Labute approximate surface area is 122 Å². The molecule has 0 fully saturated rings. The molecular weight excluding hydrogens is 307 g/mol. The van der Waals surface area contributed by atoms with Gasteiger partial charge in [-0.3, -0.25) is 0 Å². The van der Waals surface area contributed by atoms with E-state index in [1.807, 2.05) is 0 Å². The maximum atomic E-state index is 12.5. The van der Waals surface area contributed by atoms with Gasteiger partial charge in [-0.25, -0.2) is 8.42 Å². The van der Waals surface area contributed by atoms with E-state index in [0.29, 0.717) is 0 Å². The quantitative estimate of drug-likeness (QED) is 0.905. The highest BCUT2D eigenvalue weighted by molar-refractivity contribution is 7.89. The average Bonchev–Trinajstić information content (AvgIpc) is 2.34. The summed E-state index contributed by atoms with van der Waals surface area (Å²) >= 11 is 0. The predicted octanol–water partition coefficient (Wildman–Crippen LogP) is 2.49. The molecule has 1 aromatic carbocycles. The van der Waals surface area contributed by atoms with E-state index in [2.05, 4.69) is 0 Å². The molecule has 120 valence electrons. The van der Waals surface area contributed by atoms with Crippen LogP contribution in [-0.2, 0) is 16.2 Å². The van der Waals surface area contributed by atoms with Crippen LogP contribution in [0.4, 0.5) is 13.2 Å². The molecule has 0 atom stereocenters. The van der Waals surface area contributed by atoms with E-state index in [1.165, 1.54) is 13.8 Å². The van der Waals surface area contributed by atoms with Crippen LogP contribution in [0.15, 0.2) is 29.2 Å². The van der Waals surface area contributed by atoms with E-state index < -0.39 is 27.4 Å². The molecule has 1 rings (SSSR count). The summed E-state index contributed by atoms with van der Waals surface area (Å²) in [5, 5.41) is 9.73. The molecule has 1 aromatic rings. The molecule has 1 N–H and O–H groups in total. The summed E-state index contributed by atoms with van der Waals surface area (Å²) in [7, 11) is -3.94. The van der Waals surface area contributed by atoms with Gasteiger partial charge in [0.25, 0.3) is 0 Å². The number of nitrogens with zero attached hydrogens (tertiary/aromatic N) is 1. The molecule has 0 bridgehead atoms. The molecule has 0 heterocycles. The summed E-state index contributed by atoms with van der Waals surface area (Å²) in [4.78, 5) is -0.235. The lowest BCUT2D eigenvalue weighted by Crippen LogP contribution is -2.42. The second kappa shape index (κ2) is 5.94. The van der Waals surface area contributed by atoms with Crippen LogP contribution in [-0.4, -0.2) is 36.5 Å². The van der Waals surface area contributed by atoms with Crippen molar-refractivity contribution >= 4 is 10.0 Å². The first kappa shape index (κ1) is 17.9. The lowest BCUT2D eigenvalue weighted by atomic mass is 10.1. The maximum absolute atomic E-state index is 12.5. The Balaban J connectivity index is 3.12. The van der Waals surface area contributed by atoms with Gasteiger partial charge in [0.15, 0.2) is 0 Å². The van der Waals surface area contributed by atoms with Gasteiger partial charge >= 0.3 is 6.18 Å². The van der Waals surface area contributed by atoms with E-state index in [4.69, 9.17) is 0 Å². The van der Waals surface area contributed by atoms with Crippen LogP contribution in [0.1, 0.15) is 26.3 Å². The van der Waals surface area contributed by atoms with E-state index in [1.54, 1.807) is 6.92 Å². The first-order valence-electron chi connectivity index (χ1n) is 6.28. The molecule has 0 aliphatic carbocycles. The fraction of sp³-hybridized carbons (Fsp3) is 0.538. The molecule has 0 saturated carbocycles. The summed E-state index contributed by atoms with van der Waals surface area (Å²) in [5.74, 6) is 0. The monoisotopic (exact) mass is 325 g/mol. The van der Waals surface area contributed by atoms with Gasteiger partial charge in [-0.05, 0) is 38.1 Å². The first-order valence-corrected chi connectivity index (χ1v) is 7.72. The van der Waals surface area contributed by atoms with Crippen LogP contribution in [0.25, 0.3) is 0 Å². The minimum atomic E-state index is -4.51. The van der Waals surface area contributed by atoms with Crippen molar-refractivity contribution in [1.82, 2.24) is 4.31 Å². The van der Waals surface area contributed by atoms with Crippen LogP contribution < -0.4 is 0 Å². The van der Waals surface area contributed by atoms with Crippen LogP contribution in [0.5, 0.6) is 0 Å². The molecular formula is C13H18F3NO3S. The highest BCUT2D eigenvalue weighted by Crippen LogP contribution is 2.30. The summed E-state index contributed by atoms with van der Waals surface area (Å²) < 4.78 is 63.1. The molecule has 21 heavy (non-hydrogen) atoms. The van der Waals surface area contributed by atoms with Crippen molar-refractivity contribution in [1.29, 1.82) is 0 Å². The smallest absolute Gasteiger partial charge is 0.389 e. The molecule has 0 amide bonds. The Morgan fingerprint density at radius 1 is 1.14 bits per heavy atom. The lowest BCUT2D eigenvalue weighted by molar-refractivity contribution is -0.137. The van der Waals surface area contributed by atoms with Gasteiger partial charge in [-0.15, -0.1) is 0 Å². The molecule has 0 spiro atoms. The number of aliphatic hydroxyl groups is 1. The Hall–Kier alpha value is -1.12. The van der Waals surface area contributed by atoms with Gasteiger partial charge in [0.1, 0.15) is 0 Å². The molecule has 0 unspecified atom stereocenters. The Bertz CT molecular complexity index is 574. The van der Waals surface area contributed by atoms with E-state index in [9.17, 15) is 26.7 Å². The van der Waals surface area contributed by atoms with Crippen molar-refractivity contribution < 1.29 is 26.7 Å². The molecule has 4 nitrogen and oxygen atoms in total. The van der Waals surface area contributed by atoms with Crippen LogP contribution in [0, 0.1) is 0 Å². The van der Waals surface area contributed by atoms with Crippen molar-refractivity contribution in [3.63, 3.8) is 0 Å². The number of hydrogen-bond donors (Lipinski definition) is 1. The summed E-state index contributed by atoms with van der Waals surface area (Å²) in [6, 6.07) is 3.30. The standard InChI is InChI=1S/C13H18F3NO3S/c1-4-17(9-12(2,3)18)21(19,20)11-7-5-10(6-8-11)13(14,15)16/h5-8,18H,4,9H2,1-3H3. The Morgan fingerprint density at radius 3 is 1.95 bits per heavy atom. The van der Waals surface area contributed by atoms with Crippen molar-refractivity contribution in [3.8, 4) is 0 Å². The van der Waals surface area contributed by atoms with Crippen LogP contribution in [0.3, 0.4) is 0 Å². The number of halogens is 3. The third-order valence-corrected chi connectivity index (χ3v) is 4.67. The minimum absolute atomic E-state index is 0.105. The number of benzene rings is 1. The molecule has 0 saturated heterocycles. The second-order valence-corrected chi connectivity index (χ2v) is 7.20. The van der Waals surface area contributed by atoms with Crippen molar-refractivity contribution in [2.75, 3.05) is 13.1 Å². The zero-order valence-electron chi connectivity index (χ0n) is 12.0. The molecule has 0 aliphatic rings. The molecule has 0 aliphatic heterocycles. The zero-order valence-corrected chi connectivity index (χ0v) is 12.8. The predicted molar refractivity (Wildman–Crippen MR) is 72.2 cm³/mol. The highest BCUT2D eigenvalue weighted by atomic mass is 32.2. The topological polar surface area (TPSA) is 57.6 Å². The minimum Gasteiger partial charge on any atom is -0.389 e. The number of sulfonamides is 1. The molecule has 0 radical (unpaired) electrons. The highest BCUT2D eigenvalue weighted by Gasteiger charge is 2.32. The number of hydrogen-bond acceptors (Lipinski definition) is 3. The van der Waals surface area contributed by atoms with Gasteiger partial charge in [-0.1, -0.05) is 6.92 Å². The van der Waals surface area contributed by atoms with Gasteiger partial charge in [0, 0.05) is 13.1 Å². The number of likely N-dealkylation sites (N-methyl/N-ethyl adjacent to an activating group) is 1. The van der Waals surface area contributed by atoms with Crippen molar-refractivity contribution in [2.45, 2.75) is 37.4 Å². The van der Waals surface area contributed by atoms with Crippen molar-refractivity contribution in [2.24, 2.45) is 0 Å². The first-order chi connectivity index (χ1) is 9.38. The fourth-order valence-electron chi connectivity index (χ4n) is 1.76. The largest absolute Gasteiger partial charge is 0.416 e. The maximum Gasteiger partial charge on any atom is 0.416 e. The summed E-state index contributed by atoms with van der Waals surface area (Å²) in [6.45, 7) is 4.46. The summed E-state index contributed by atoms with van der Waals surface area (Å²) in [6.07, 6.45) is -4.51. The van der Waals surface area contributed by atoms with Gasteiger partial charge in [-0.2, -0.15) is 17.5 Å². The number of rotatable bonds is 5. The normalized spacial score (nSPS) is 13.7. The third-order valence-electron chi connectivity index (χ3n) is 2.74. The van der Waals surface area contributed by atoms with Gasteiger partial charge in [0.05, 0.1) is 16.1 Å². The van der Waals surface area contributed by atoms with Crippen molar-refractivity contribution in [3.05, 3.63) is 29.8 Å². The molecule has 8 heteroatoms. The zero-order chi connectivity index (χ0) is 16.5. The average molecular weight is 325 g/mol. The van der Waals surface area contributed by atoms with Gasteiger partial charge in [0.2, 0.25) is 10.0 Å². The Morgan fingerprint density at radius 2 is 1.62 bits per heavy atom. The van der Waals surface area contributed by atoms with Gasteiger partial charge < -0.3 is 5.11 Å². The van der Waals surface area contributed by atoms with E-state index in [0.717, 1.165) is 28.6 Å². The summed E-state index contributed by atoms with van der Waals surface area (Å²) in [5.41, 5.74) is -2.15. The third kappa shape index (κ3) is 4.69. The van der Waals surface area contributed by atoms with Crippen LogP contribution >= 0.6 is 0 Å².